The van der Waals surface area contributed by atoms with E-state index in [1.165, 1.54) is 13.2 Å². The highest BCUT2D eigenvalue weighted by Crippen LogP contribution is 2.32. The lowest BCUT2D eigenvalue weighted by Gasteiger charge is -2.09. The van der Waals surface area contributed by atoms with E-state index in [-0.39, 0.29) is 5.69 Å². The lowest BCUT2D eigenvalue weighted by atomic mass is 10.0. The second-order valence-corrected chi connectivity index (χ2v) is 4.60. The van der Waals surface area contributed by atoms with Crippen molar-refractivity contribution in [1.29, 1.82) is 0 Å². The molecule has 0 aliphatic rings. The molecule has 0 amide bonds. The number of hydrogen-bond acceptors (Lipinski definition) is 3. The first kappa shape index (κ1) is 14.3. The van der Waals surface area contributed by atoms with Crippen LogP contribution in [0, 0.1) is 5.82 Å². The number of rotatable bonds is 4. The Morgan fingerprint density at radius 2 is 2.10 bits per heavy atom. The maximum atomic E-state index is 14.1. The van der Waals surface area contributed by atoms with Crippen molar-refractivity contribution in [3.05, 3.63) is 52.8 Å². The highest BCUT2D eigenvalue weighted by Gasteiger charge is 2.11. The Hall–Kier alpha value is -2.07. The van der Waals surface area contributed by atoms with E-state index in [4.69, 9.17) is 17.3 Å². The second-order valence-electron chi connectivity index (χ2n) is 4.20. The lowest BCUT2D eigenvalue weighted by molar-refractivity contribution is 0.215. The quantitative estimate of drug-likeness (QED) is 0.528. The van der Waals surface area contributed by atoms with Gasteiger partial charge in [0.25, 0.3) is 0 Å². The number of nitrogen functional groups attached to an aromatic ring is 1. The van der Waals surface area contributed by atoms with Gasteiger partial charge in [0.15, 0.2) is 5.82 Å². The Kier molecular flexibility index (Phi) is 4.58. The van der Waals surface area contributed by atoms with Gasteiger partial charge >= 0.3 is 0 Å². The predicted octanol–water partition coefficient (Wildman–Crippen LogP) is 3.90. The molecule has 3 nitrogen and oxygen atoms in total. The molecule has 5 heteroatoms. The second kappa shape index (κ2) is 6.39. The minimum atomic E-state index is -0.461. The standard InChI is InChI=1S/C15H14ClFN2O/c1-20-19-8-7-10-5-6-13(16)12(9-10)11-3-2-4-14(18)15(11)17/h2-6,8-9H,7,18H2,1H3/b19-8+. The third-order valence-electron chi connectivity index (χ3n) is 2.86. The van der Waals surface area contributed by atoms with E-state index in [2.05, 4.69) is 9.99 Å². The molecule has 2 rings (SSSR count). The average Bonchev–Trinajstić information content (AvgIpc) is 2.44. The van der Waals surface area contributed by atoms with Crippen LogP contribution in [0.1, 0.15) is 5.56 Å². The highest BCUT2D eigenvalue weighted by molar-refractivity contribution is 6.33. The number of nitrogens with zero attached hydrogens (tertiary/aromatic N) is 1. The number of oxime groups is 1. The molecule has 0 saturated heterocycles. The SMILES string of the molecule is CO/N=C/Cc1ccc(Cl)c(-c2cccc(N)c2F)c1. The molecule has 20 heavy (non-hydrogen) atoms. The van der Waals surface area contributed by atoms with Crippen LogP contribution >= 0.6 is 11.6 Å². The van der Waals surface area contributed by atoms with E-state index in [0.717, 1.165) is 5.56 Å². The first-order valence-corrected chi connectivity index (χ1v) is 6.39. The van der Waals surface area contributed by atoms with Crippen LogP contribution in [0.3, 0.4) is 0 Å². The third kappa shape index (κ3) is 3.08. The van der Waals surface area contributed by atoms with Gasteiger partial charge in [-0.05, 0) is 23.8 Å². The molecule has 2 aromatic rings. The van der Waals surface area contributed by atoms with E-state index < -0.39 is 5.82 Å². The van der Waals surface area contributed by atoms with Gasteiger partial charge in [-0.25, -0.2) is 4.39 Å². The van der Waals surface area contributed by atoms with Crippen molar-refractivity contribution in [1.82, 2.24) is 0 Å². The summed E-state index contributed by atoms with van der Waals surface area (Å²) >= 11 is 6.15. The Labute approximate surface area is 121 Å². The van der Waals surface area contributed by atoms with Crippen molar-refractivity contribution < 1.29 is 9.23 Å². The van der Waals surface area contributed by atoms with Gasteiger partial charge in [0, 0.05) is 28.8 Å². The molecule has 0 radical (unpaired) electrons. The van der Waals surface area contributed by atoms with Crippen LogP contribution in [-0.4, -0.2) is 13.3 Å². The molecule has 0 bridgehead atoms. The summed E-state index contributed by atoms with van der Waals surface area (Å²) in [6, 6.07) is 10.3. The maximum Gasteiger partial charge on any atom is 0.153 e. The van der Waals surface area contributed by atoms with Crippen LogP contribution in [0.2, 0.25) is 5.02 Å². The number of benzene rings is 2. The van der Waals surface area contributed by atoms with Crippen molar-refractivity contribution >= 4 is 23.5 Å². The van der Waals surface area contributed by atoms with E-state index in [1.807, 2.05) is 12.1 Å². The number of nitrogens with two attached hydrogens (primary N) is 1. The molecule has 0 fully saturated rings. The first-order chi connectivity index (χ1) is 9.63. The van der Waals surface area contributed by atoms with Crippen molar-refractivity contribution in [2.24, 2.45) is 5.16 Å². The molecular weight excluding hydrogens is 279 g/mol. The van der Waals surface area contributed by atoms with E-state index in [9.17, 15) is 4.39 Å². The monoisotopic (exact) mass is 292 g/mol. The average molecular weight is 293 g/mol. The lowest BCUT2D eigenvalue weighted by Crippen LogP contribution is -1.95. The third-order valence-corrected chi connectivity index (χ3v) is 3.19. The molecule has 0 heterocycles. The smallest absolute Gasteiger partial charge is 0.153 e. The summed E-state index contributed by atoms with van der Waals surface area (Å²) < 4.78 is 14.1. The van der Waals surface area contributed by atoms with Crippen molar-refractivity contribution in [2.75, 3.05) is 12.8 Å². The van der Waals surface area contributed by atoms with Gasteiger partial charge in [-0.3, -0.25) is 0 Å². The van der Waals surface area contributed by atoms with Gasteiger partial charge in [-0.15, -0.1) is 0 Å². The zero-order valence-corrected chi connectivity index (χ0v) is 11.7. The van der Waals surface area contributed by atoms with Gasteiger partial charge in [-0.1, -0.05) is 35.0 Å². The molecule has 104 valence electrons. The Morgan fingerprint density at radius 1 is 1.30 bits per heavy atom. The minimum absolute atomic E-state index is 0.102. The number of anilines is 1. The first-order valence-electron chi connectivity index (χ1n) is 6.01. The topological polar surface area (TPSA) is 47.6 Å². The minimum Gasteiger partial charge on any atom is -0.399 e. The van der Waals surface area contributed by atoms with Crippen molar-refractivity contribution in [2.45, 2.75) is 6.42 Å². The zero-order valence-electron chi connectivity index (χ0n) is 10.9. The molecule has 2 N–H and O–H groups in total. The fraction of sp³-hybridized carbons (Fsp3) is 0.133. The summed E-state index contributed by atoms with van der Waals surface area (Å²) in [5, 5.41) is 4.15. The summed E-state index contributed by atoms with van der Waals surface area (Å²) in [5.41, 5.74) is 7.64. The molecule has 0 aromatic heterocycles. The highest BCUT2D eigenvalue weighted by atomic mass is 35.5. The van der Waals surface area contributed by atoms with Crippen LogP contribution in [-0.2, 0) is 11.3 Å². The van der Waals surface area contributed by atoms with Gasteiger partial charge in [0.05, 0.1) is 5.69 Å². The molecule has 0 spiro atoms. The van der Waals surface area contributed by atoms with E-state index in [0.29, 0.717) is 22.6 Å². The molecule has 0 aliphatic carbocycles. The molecular formula is C15H14ClFN2O. The molecule has 0 atom stereocenters. The van der Waals surface area contributed by atoms with Gasteiger partial charge in [-0.2, -0.15) is 0 Å². The van der Waals surface area contributed by atoms with Crippen LogP contribution in [0.4, 0.5) is 10.1 Å². The van der Waals surface area contributed by atoms with Gasteiger partial charge < -0.3 is 10.6 Å². The van der Waals surface area contributed by atoms with Crippen molar-refractivity contribution in [3.8, 4) is 11.1 Å². The summed E-state index contributed by atoms with van der Waals surface area (Å²) in [6.45, 7) is 0. The van der Waals surface area contributed by atoms with Crippen LogP contribution < -0.4 is 5.73 Å². The van der Waals surface area contributed by atoms with Gasteiger partial charge in [0.2, 0.25) is 0 Å². The number of hydrogen-bond donors (Lipinski definition) is 1. The summed E-state index contributed by atoms with van der Waals surface area (Å²) in [5.74, 6) is -0.461. The van der Waals surface area contributed by atoms with Crippen LogP contribution in [0.25, 0.3) is 11.1 Å². The number of halogens is 2. The molecule has 0 saturated carbocycles. The van der Waals surface area contributed by atoms with Gasteiger partial charge in [0.1, 0.15) is 7.11 Å². The summed E-state index contributed by atoms with van der Waals surface area (Å²) in [7, 11) is 1.48. The Balaban J connectivity index is 2.42. The molecule has 0 unspecified atom stereocenters. The predicted molar refractivity (Wildman–Crippen MR) is 80.5 cm³/mol. The van der Waals surface area contributed by atoms with E-state index in [1.54, 1.807) is 24.4 Å². The summed E-state index contributed by atoms with van der Waals surface area (Å²) in [6.07, 6.45) is 2.20. The van der Waals surface area contributed by atoms with E-state index >= 15 is 0 Å². The Bertz CT molecular complexity index is 644. The van der Waals surface area contributed by atoms with Crippen LogP contribution in [0.15, 0.2) is 41.6 Å². The Morgan fingerprint density at radius 3 is 2.85 bits per heavy atom. The summed E-state index contributed by atoms with van der Waals surface area (Å²) in [4.78, 5) is 4.60. The fourth-order valence-electron chi connectivity index (χ4n) is 1.88. The molecule has 2 aromatic carbocycles. The maximum absolute atomic E-state index is 14.1. The largest absolute Gasteiger partial charge is 0.399 e. The van der Waals surface area contributed by atoms with Crippen molar-refractivity contribution in [3.63, 3.8) is 0 Å². The molecule has 0 aliphatic heterocycles. The normalized spacial score (nSPS) is 10.9. The zero-order chi connectivity index (χ0) is 14.5. The fourth-order valence-corrected chi connectivity index (χ4v) is 2.10. The van der Waals surface area contributed by atoms with Crippen LogP contribution in [0.5, 0.6) is 0 Å².